The van der Waals surface area contributed by atoms with Crippen LogP contribution < -0.4 is 5.32 Å². The van der Waals surface area contributed by atoms with E-state index in [1.165, 1.54) is 12.1 Å². The molecule has 0 saturated carbocycles. The second-order valence-corrected chi connectivity index (χ2v) is 5.78. The van der Waals surface area contributed by atoms with Crippen LogP contribution in [0.2, 0.25) is 0 Å². The topological polar surface area (TPSA) is 32.3 Å². The van der Waals surface area contributed by atoms with Crippen molar-refractivity contribution in [1.29, 1.82) is 0 Å². The molecule has 1 amide bonds. The van der Waals surface area contributed by atoms with Crippen LogP contribution in [0.3, 0.4) is 0 Å². The van der Waals surface area contributed by atoms with E-state index >= 15 is 0 Å². The third kappa shape index (κ3) is 4.81. The summed E-state index contributed by atoms with van der Waals surface area (Å²) in [7, 11) is 2.09. The molecule has 0 unspecified atom stereocenters. The molecule has 4 heteroatoms. The summed E-state index contributed by atoms with van der Waals surface area (Å²) in [5.41, 5.74) is 1.07. The van der Waals surface area contributed by atoms with Gasteiger partial charge in [-0.2, -0.15) is 0 Å². The zero-order valence-electron chi connectivity index (χ0n) is 13.8. The molecule has 1 fully saturated rings. The van der Waals surface area contributed by atoms with Crippen LogP contribution in [0, 0.1) is 12.7 Å². The zero-order valence-corrected chi connectivity index (χ0v) is 13.8. The van der Waals surface area contributed by atoms with E-state index in [9.17, 15) is 9.18 Å². The number of likely N-dealkylation sites (tertiary alicyclic amines) is 1. The van der Waals surface area contributed by atoms with Gasteiger partial charge in [0.05, 0.1) is 0 Å². The van der Waals surface area contributed by atoms with Crippen molar-refractivity contribution in [2.24, 2.45) is 0 Å². The lowest BCUT2D eigenvalue weighted by Gasteiger charge is -2.38. The van der Waals surface area contributed by atoms with Crippen LogP contribution in [0.1, 0.15) is 49.5 Å². The lowest BCUT2D eigenvalue weighted by molar-refractivity contribution is 0.0851. The number of hydrogen-bond donors (Lipinski definition) is 1. The Morgan fingerprint density at radius 1 is 1.29 bits per heavy atom. The van der Waals surface area contributed by atoms with E-state index < -0.39 is 0 Å². The molecule has 1 aromatic carbocycles. The predicted molar refractivity (Wildman–Crippen MR) is 85.1 cm³/mol. The number of hydrogen-bond acceptors (Lipinski definition) is 2. The number of carbonyl (C=O) groups excluding carboxylic acids is 1. The van der Waals surface area contributed by atoms with Gasteiger partial charge in [-0.05, 0) is 57.5 Å². The number of halogens is 1. The summed E-state index contributed by atoms with van der Waals surface area (Å²) in [5.74, 6) is -0.413. The molecule has 0 aliphatic carbocycles. The highest BCUT2D eigenvalue weighted by atomic mass is 19.1. The van der Waals surface area contributed by atoms with Crippen molar-refractivity contribution >= 4 is 5.91 Å². The summed E-state index contributed by atoms with van der Waals surface area (Å²) in [6.07, 6.45) is 1.88. The molecule has 1 aliphatic heterocycles. The van der Waals surface area contributed by atoms with Gasteiger partial charge >= 0.3 is 0 Å². The van der Waals surface area contributed by atoms with Crippen molar-refractivity contribution < 1.29 is 9.18 Å². The molecule has 2 rings (SSSR count). The Balaban J connectivity index is 0.00000106. The van der Waals surface area contributed by atoms with Crippen LogP contribution in [0.15, 0.2) is 18.2 Å². The highest BCUT2D eigenvalue weighted by Crippen LogP contribution is 2.22. The van der Waals surface area contributed by atoms with Gasteiger partial charge in [-0.25, -0.2) is 4.39 Å². The molecule has 1 N–H and O–H groups in total. The number of rotatable bonds is 2. The Hall–Kier alpha value is -1.42. The Morgan fingerprint density at radius 3 is 2.38 bits per heavy atom. The molecule has 0 aromatic heterocycles. The highest BCUT2D eigenvalue weighted by Gasteiger charge is 2.30. The quantitative estimate of drug-likeness (QED) is 0.907. The van der Waals surface area contributed by atoms with Gasteiger partial charge in [-0.1, -0.05) is 13.8 Å². The Labute approximate surface area is 127 Å². The van der Waals surface area contributed by atoms with E-state index in [0.717, 1.165) is 25.9 Å². The first-order chi connectivity index (χ1) is 9.89. The third-order valence-electron chi connectivity index (χ3n) is 3.94. The fourth-order valence-electron chi connectivity index (χ4n) is 2.46. The molecule has 1 heterocycles. The first kappa shape index (κ1) is 17.6. The number of nitrogens with zero attached hydrogens (tertiary/aromatic N) is 1. The number of benzene rings is 1. The highest BCUT2D eigenvalue weighted by molar-refractivity contribution is 5.96. The largest absolute Gasteiger partial charge is 0.347 e. The van der Waals surface area contributed by atoms with Gasteiger partial charge in [0.1, 0.15) is 5.82 Å². The summed E-state index contributed by atoms with van der Waals surface area (Å²) in [4.78, 5) is 14.5. The Kier molecular flexibility index (Phi) is 6.34. The van der Waals surface area contributed by atoms with Crippen molar-refractivity contribution in [2.45, 2.75) is 46.1 Å². The molecule has 1 saturated heterocycles. The summed E-state index contributed by atoms with van der Waals surface area (Å²) in [6.45, 7) is 9.81. The fourth-order valence-corrected chi connectivity index (χ4v) is 2.46. The molecule has 3 nitrogen and oxygen atoms in total. The van der Waals surface area contributed by atoms with Crippen molar-refractivity contribution in [3.8, 4) is 0 Å². The van der Waals surface area contributed by atoms with E-state index in [1.807, 2.05) is 13.8 Å². The van der Waals surface area contributed by atoms with Crippen molar-refractivity contribution in [2.75, 3.05) is 20.1 Å². The third-order valence-corrected chi connectivity index (χ3v) is 3.94. The molecule has 0 radical (unpaired) electrons. The second kappa shape index (κ2) is 7.55. The van der Waals surface area contributed by atoms with Gasteiger partial charge in [0, 0.05) is 24.2 Å². The maximum Gasteiger partial charge on any atom is 0.251 e. The van der Waals surface area contributed by atoms with Gasteiger partial charge in [-0.3, -0.25) is 4.79 Å². The molecule has 0 spiro atoms. The Morgan fingerprint density at radius 2 is 1.86 bits per heavy atom. The lowest BCUT2D eigenvalue weighted by Crippen LogP contribution is -2.52. The van der Waals surface area contributed by atoms with Crippen molar-refractivity contribution in [3.05, 3.63) is 35.1 Å². The first-order valence-electron chi connectivity index (χ1n) is 7.67. The van der Waals surface area contributed by atoms with Gasteiger partial charge in [0.2, 0.25) is 0 Å². The fraction of sp³-hybridized carbons (Fsp3) is 0.588. The van der Waals surface area contributed by atoms with Crippen molar-refractivity contribution in [3.63, 3.8) is 0 Å². The number of carbonyl (C=O) groups is 1. The van der Waals surface area contributed by atoms with Crippen LogP contribution in [0.25, 0.3) is 0 Å². The van der Waals surface area contributed by atoms with E-state index in [-0.39, 0.29) is 17.3 Å². The minimum Gasteiger partial charge on any atom is -0.347 e. The summed E-state index contributed by atoms with van der Waals surface area (Å²) >= 11 is 0. The Bertz CT molecular complexity index is 480. The smallest absolute Gasteiger partial charge is 0.251 e. The number of aryl methyl sites for hydroxylation is 1. The van der Waals surface area contributed by atoms with Gasteiger partial charge in [0.25, 0.3) is 5.91 Å². The standard InChI is InChI=1S/C15H21FN2O.C2H6/c1-11-10-12(16)4-5-13(11)14(19)17-15(2)6-8-18(3)9-7-15;1-2/h4-5,10H,6-9H2,1-3H3,(H,17,19);1-2H3. The minimum atomic E-state index is -0.306. The zero-order chi connectivity index (χ0) is 16.0. The minimum absolute atomic E-state index is 0.107. The van der Waals surface area contributed by atoms with Crippen LogP contribution in [0.4, 0.5) is 4.39 Å². The normalized spacial score (nSPS) is 17.6. The average molecular weight is 294 g/mol. The second-order valence-electron chi connectivity index (χ2n) is 5.78. The van der Waals surface area contributed by atoms with Gasteiger partial charge in [-0.15, -0.1) is 0 Å². The number of amides is 1. The molecular formula is C17H27FN2O. The molecular weight excluding hydrogens is 267 g/mol. The number of nitrogens with one attached hydrogen (secondary N) is 1. The molecule has 118 valence electrons. The van der Waals surface area contributed by atoms with Crippen LogP contribution in [-0.4, -0.2) is 36.5 Å². The SMILES string of the molecule is CC.Cc1cc(F)ccc1C(=O)NC1(C)CCN(C)CC1. The molecule has 0 bridgehead atoms. The van der Waals surface area contributed by atoms with Crippen LogP contribution >= 0.6 is 0 Å². The monoisotopic (exact) mass is 294 g/mol. The van der Waals surface area contributed by atoms with Gasteiger partial charge in [0.15, 0.2) is 0 Å². The first-order valence-corrected chi connectivity index (χ1v) is 7.67. The van der Waals surface area contributed by atoms with Crippen LogP contribution in [0.5, 0.6) is 0 Å². The molecule has 1 aliphatic rings. The van der Waals surface area contributed by atoms with E-state index in [0.29, 0.717) is 11.1 Å². The molecule has 21 heavy (non-hydrogen) atoms. The maximum absolute atomic E-state index is 13.1. The predicted octanol–water partition coefficient (Wildman–Crippen LogP) is 3.37. The maximum atomic E-state index is 13.1. The summed E-state index contributed by atoms with van der Waals surface area (Å²) in [5, 5.41) is 3.10. The van der Waals surface area contributed by atoms with E-state index in [4.69, 9.17) is 0 Å². The van der Waals surface area contributed by atoms with E-state index in [1.54, 1.807) is 13.0 Å². The van der Waals surface area contributed by atoms with Gasteiger partial charge < -0.3 is 10.2 Å². The van der Waals surface area contributed by atoms with Crippen LogP contribution in [-0.2, 0) is 0 Å². The van der Waals surface area contributed by atoms with E-state index in [2.05, 4.69) is 24.2 Å². The number of piperidine rings is 1. The average Bonchev–Trinajstić information content (AvgIpc) is 2.44. The molecule has 1 aromatic rings. The summed E-state index contributed by atoms with van der Waals surface area (Å²) in [6, 6.07) is 4.28. The summed E-state index contributed by atoms with van der Waals surface area (Å²) < 4.78 is 13.1. The lowest BCUT2D eigenvalue weighted by atomic mass is 9.89. The molecule has 0 atom stereocenters. The van der Waals surface area contributed by atoms with Crippen molar-refractivity contribution in [1.82, 2.24) is 10.2 Å².